The molecule has 3 rings (SSSR count). The number of nitrogens with one attached hydrogen (secondary N) is 1. The summed E-state index contributed by atoms with van der Waals surface area (Å²) in [5.74, 6) is 0. The van der Waals surface area contributed by atoms with E-state index in [9.17, 15) is 18.0 Å². The molecule has 0 saturated carbocycles. The minimum Gasteiger partial charge on any atom is -0.444 e. The van der Waals surface area contributed by atoms with Crippen LogP contribution in [0.25, 0.3) is 6.08 Å². The minimum atomic E-state index is -4.53. The number of alkyl halides is 3. The van der Waals surface area contributed by atoms with Gasteiger partial charge < -0.3 is 20.8 Å². The van der Waals surface area contributed by atoms with E-state index in [1.807, 2.05) is 6.08 Å². The predicted molar refractivity (Wildman–Crippen MR) is 132 cm³/mol. The van der Waals surface area contributed by atoms with Crippen LogP contribution in [0.3, 0.4) is 0 Å². The third-order valence-corrected chi connectivity index (χ3v) is 5.68. The van der Waals surface area contributed by atoms with E-state index in [4.69, 9.17) is 15.9 Å². The molecule has 2 aliphatic rings. The Bertz CT molecular complexity index is 1110. The number of halogens is 3. The van der Waals surface area contributed by atoms with Gasteiger partial charge in [0.05, 0.1) is 22.7 Å². The van der Waals surface area contributed by atoms with Crippen molar-refractivity contribution in [2.75, 3.05) is 13.1 Å². The van der Waals surface area contributed by atoms with Gasteiger partial charge in [-0.3, -0.25) is 0 Å². The molecular weight excluding hydrogens is 457 g/mol. The van der Waals surface area contributed by atoms with Crippen molar-refractivity contribution in [1.82, 2.24) is 4.90 Å². The Morgan fingerprint density at radius 2 is 2.00 bits per heavy atom. The zero-order chi connectivity index (χ0) is 26.0. The summed E-state index contributed by atoms with van der Waals surface area (Å²) in [4.78, 5) is 18.7. The smallest absolute Gasteiger partial charge is 0.416 e. The van der Waals surface area contributed by atoms with Crippen LogP contribution < -0.4 is 5.73 Å². The first-order chi connectivity index (χ1) is 16.3. The van der Waals surface area contributed by atoms with E-state index in [-0.39, 0.29) is 17.8 Å². The van der Waals surface area contributed by atoms with Crippen molar-refractivity contribution in [3.63, 3.8) is 0 Å². The number of carbonyl (C=O) groups is 1. The standard InChI is InChI=1S/C26H31F3N4O2/c1-5-20(30)18-13-17-8-9-19(26(27,28)29)15-22(17)32-23(21(31)14-18)16-7-6-11-33(12-10-16)24(34)35-25(2,3)4/h5,7-9,13,15,20,31H,1,6,10-12,14,30H2,2-4H3. The molecule has 0 spiro atoms. The SMILES string of the molecule is C=CC(N)C1=Cc2ccc(C(F)(F)F)cc2N=C(C2=CCCN(C(=O)OC(C)(C)C)CC2)C(=N)C1. The number of hydrogen-bond acceptors (Lipinski definition) is 5. The zero-order valence-electron chi connectivity index (χ0n) is 20.2. The molecule has 0 aliphatic carbocycles. The second-order valence-electron chi connectivity index (χ2n) is 9.60. The van der Waals surface area contributed by atoms with Crippen molar-refractivity contribution in [1.29, 1.82) is 5.41 Å². The molecule has 3 N–H and O–H groups in total. The molecule has 35 heavy (non-hydrogen) atoms. The Labute approximate surface area is 203 Å². The second kappa shape index (κ2) is 10.2. The van der Waals surface area contributed by atoms with Crippen LogP contribution in [0.1, 0.15) is 51.2 Å². The summed E-state index contributed by atoms with van der Waals surface area (Å²) >= 11 is 0. The quantitative estimate of drug-likeness (QED) is 0.507. The van der Waals surface area contributed by atoms with E-state index in [2.05, 4.69) is 11.6 Å². The Kier molecular flexibility index (Phi) is 7.69. The lowest BCUT2D eigenvalue weighted by molar-refractivity contribution is -0.137. The number of hydrogen-bond donors (Lipinski definition) is 2. The van der Waals surface area contributed by atoms with E-state index >= 15 is 0 Å². The highest BCUT2D eigenvalue weighted by atomic mass is 19.4. The average Bonchev–Trinajstić information content (AvgIpc) is 3.00. The fraction of sp³-hybridized carbons (Fsp3) is 0.423. The lowest BCUT2D eigenvalue weighted by Crippen LogP contribution is -2.37. The van der Waals surface area contributed by atoms with E-state index < -0.39 is 29.5 Å². The normalized spacial score (nSPS) is 18.2. The van der Waals surface area contributed by atoms with Gasteiger partial charge in [0, 0.05) is 31.1 Å². The third kappa shape index (κ3) is 6.69. The topological polar surface area (TPSA) is 91.8 Å². The van der Waals surface area contributed by atoms with Gasteiger partial charge in [0.15, 0.2) is 0 Å². The lowest BCUT2D eigenvalue weighted by atomic mass is 9.91. The molecule has 1 aromatic carbocycles. The molecule has 9 heteroatoms. The molecular formula is C26H31F3N4O2. The van der Waals surface area contributed by atoms with Gasteiger partial charge in [-0.25, -0.2) is 9.79 Å². The molecule has 1 atom stereocenters. The van der Waals surface area contributed by atoms with E-state index in [0.29, 0.717) is 48.4 Å². The van der Waals surface area contributed by atoms with E-state index in [1.165, 1.54) is 12.1 Å². The van der Waals surface area contributed by atoms with Gasteiger partial charge in [-0.2, -0.15) is 13.2 Å². The summed E-state index contributed by atoms with van der Waals surface area (Å²) < 4.78 is 45.7. The van der Waals surface area contributed by atoms with Crippen LogP contribution in [0.15, 0.2) is 53.1 Å². The van der Waals surface area contributed by atoms with Crippen molar-refractivity contribution in [3.8, 4) is 0 Å². The van der Waals surface area contributed by atoms with Gasteiger partial charge in [0.25, 0.3) is 0 Å². The van der Waals surface area contributed by atoms with Gasteiger partial charge >= 0.3 is 12.3 Å². The Morgan fingerprint density at radius 3 is 2.63 bits per heavy atom. The highest BCUT2D eigenvalue weighted by molar-refractivity contribution is 6.48. The number of carbonyl (C=O) groups excluding carboxylic acids is 1. The lowest BCUT2D eigenvalue weighted by Gasteiger charge is -2.26. The van der Waals surface area contributed by atoms with Crippen molar-refractivity contribution in [2.24, 2.45) is 10.7 Å². The number of nitrogens with two attached hydrogens (primary N) is 1. The monoisotopic (exact) mass is 488 g/mol. The van der Waals surface area contributed by atoms with Crippen LogP contribution in [-0.4, -0.2) is 47.1 Å². The number of fused-ring (bicyclic) bond motifs is 1. The van der Waals surface area contributed by atoms with Crippen LogP contribution in [0, 0.1) is 5.41 Å². The van der Waals surface area contributed by atoms with Crippen LogP contribution in [-0.2, 0) is 10.9 Å². The van der Waals surface area contributed by atoms with Crippen LogP contribution in [0.4, 0.5) is 23.7 Å². The van der Waals surface area contributed by atoms with E-state index in [1.54, 1.807) is 31.7 Å². The molecule has 0 aromatic heterocycles. The van der Waals surface area contributed by atoms with Crippen molar-refractivity contribution in [2.45, 2.75) is 57.9 Å². The molecule has 0 saturated heterocycles. The van der Waals surface area contributed by atoms with Gasteiger partial charge in [-0.1, -0.05) is 24.3 Å². The molecule has 1 amide bonds. The first-order valence-corrected chi connectivity index (χ1v) is 11.4. The summed E-state index contributed by atoms with van der Waals surface area (Å²) in [7, 11) is 0. The maximum atomic E-state index is 13.4. The Balaban J connectivity index is 1.99. The van der Waals surface area contributed by atoms with Gasteiger partial charge in [-0.05, 0) is 56.9 Å². The molecule has 6 nitrogen and oxygen atoms in total. The van der Waals surface area contributed by atoms with Crippen LogP contribution in [0.2, 0.25) is 0 Å². The number of nitrogens with zero attached hydrogens (tertiary/aromatic N) is 2. The predicted octanol–water partition coefficient (Wildman–Crippen LogP) is 6.06. The Hall–Kier alpha value is -3.20. The summed E-state index contributed by atoms with van der Waals surface area (Å²) in [6.07, 6.45) is 1.23. The Morgan fingerprint density at radius 1 is 1.29 bits per heavy atom. The van der Waals surface area contributed by atoms with E-state index in [0.717, 1.165) is 12.1 Å². The average molecular weight is 489 g/mol. The number of rotatable bonds is 3. The van der Waals surface area contributed by atoms with Crippen molar-refractivity contribution < 1.29 is 22.7 Å². The molecule has 0 fully saturated rings. The summed E-state index contributed by atoms with van der Waals surface area (Å²) in [5, 5.41) is 8.73. The third-order valence-electron chi connectivity index (χ3n) is 5.68. The highest BCUT2D eigenvalue weighted by Gasteiger charge is 2.32. The fourth-order valence-corrected chi connectivity index (χ4v) is 3.88. The first-order valence-electron chi connectivity index (χ1n) is 11.4. The van der Waals surface area contributed by atoms with Gasteiger partial charge in [-0.15, -0.1) is 6.58 Å². The largest absolute Gasteiger partial charge is 0.444 e. The molecule has 0 radical (unpaired) electrons. The number of amides is 1. The van der Waals surface area contributed by atoms with Crippen molar-refractivity contribution >= 4 is 29.3 Å². The summed E-state index contributed by atoms with van der Waals surface area (Å²) in [6.45, 7) is 9.87. The molecule has 2 heterocycles. The number of aliphatic imine (C=N–C) groups is 1. The van der Waals surface area contributed by atoms with Crippen LogP contribution in [0.5, 0.6) is 0 Å². The summed E-state index contributed by atoms with van der Waals surface area (Å²) in [6, 6.07) is 2.82. The van der Waals surface area contributed by atoms with Crippen molar-refractivity contribution in [3.05, 3.63) is 59.2 Å². The molecule has 188 valence electrons. The fourth-order valence-electron chi connectivity index (χ4n) is 3.88. The number of benzene rings is 1. The number of ether oxygens (including phenoxy) is 1. The zero-order valence-corrected chi connectivity index (χ0v) is 20.2. The molecule has 0 bridgehead atoms. The second-order valence-corrected chi connectivity index (χ2v) is 9.60. The highest BCUT2D eigenvalue weighted by Crippen LogP contribution is 2.36. The minimum absolute atomic E-state index is 0.113. The van der Waals surface area contributed by atoms with Crippen LogP contribution >= 0.6 is 0 Å². The van der Waals surface area contributed by atoms with Gasteiger partial charge in [0.1, 0.15) is 5.60 Å². The maximum Gasteiger partial charge on any atom is 0.416 e. The van der Waals surface area contributed by atoms with Gasteiger partial charge in [0.2, 0.25) is 0 Å². The summed E-state index contributed by atoms with van der Waals surface area (Å²) in [5.41, 5.74) is 7.13. The molecule has 2 aliphatic heterocycles. The molecule has 1 aromatic rings. The maximum absolute atomic E-state index is 13.4. The molecule has 1 unspecified atom stereocenters. The first kappa shape index (κ1) is 26.4.